The van der Waals surface area contributed by atoms with Gasteiger partial charge in [0.05, 0.1) is 11.0 Å². The zero-order valence-corrected chi connectivity index (χ0v) is 14.2. The Labute approximate surface area is 150 Å². The molecular formula is C16H15F5N6. The smallest absolute Gasteiger partial charge is 0.351 e. The Bertz CT molecular complexity index is 990. The molecule has 0 radical (unpaired) electrons. The molecule has 3 aromatic rings. The first-order valence-electron chi connectivity index (χ1n) is 8.20. The van der Waals surface area contributed by atoms with Crippen LogP contribution in [0.2, 0.25) is 0 Å². The van der Waals surface area contributed by atoms with Crippen molar-refractivity contribution < 1.29 is 22.0 Å². The second-order valence-corrected chi connectivity index (χ2v) is 6.53. The lowest BCUT2D eigenvalue weighted by atomic mass is 10.1. The Kier molecular flexibility index (Phi) is 3.95. The molecule has 0 atom stereocenters. The van der Waals surface area contributed by atoms with Crippen molar-refractivity contribution in [1.82, 2.24) is 24.5 Å². The summed E-state index contributed by atoms with van der Waals surface area (Å²) < 4.78 is 67.2. The van der Waals surface area contributed by atoms with Crippen molar-refractivity contribution >= 4 is 22.5 Å². The van der Waals surface area contributed by atoms with Gasteiger partial charge in [0.2, 0.25) is 5.65 Å². The predicted octanol–water partition coefficient (Wildman–Crippen LogP) is 2.68. The monoisotopic (exact) mass is 386 g/mol. The van der Waals surface area contributed by atoms with Gasteiger partial charge in [-0.1, -0.05) is 6.07 Å². The molecule has 4 rings (SSSR count). The Morgan fingerprint density at radius 1 is 1.00 bits per heavy atom. The van der Waals surface area contributed by atoms with Crippen LogP contribution in [0.25, 0.3) is 16.7 Å². The summed E-state index contributed by atoms with van der Waals surface area (Å²) in [4.78, 5) is 8.42. The van der Waals surface area contributed by atoms with Gasteiger partial charge in [0.15, 0.2) is 5.82 Å². The molecule has 144 valence electrons. The summed E-state index contributed by atoms with van der Waals surface area (Å²) in [5.74, 6) is -4.54. The maximum atomic E-state index is 13.7. The number of nitrogens with zero attached hydrogens (tertiary/aromatic N) is 6. The van der Waals surface area contributed by atoms with E-state index in [2.05, 4.69) is 20.1 Å². The van der Waals surface area contributed by atoms with E-state index in [0.717, 1.165) is 25.2 Å². The minimum absolute atomic E-state index is 0.0256. The fourth-order valence-electron chi connectivity index (χ4n) is 3.13. The van der Waals surface area contributed by atoms with Gasteiger partial charge in [0.25, 0.3) is 0 Å². The van der Waals surface area contributed by atoms with Crippen LogP contribution in [0.3, 0.4) is 0 Å². The van der Waals surface area contributed by atoms with Gasteiger partial charge in [-0.25, -0.2) is 4.98 Å². The summed E-state index contributed by atoms with van der Waals surface area (Å²) in [6.45, 7) is 2.81. The molecular weight excluding hydrogens is 371 g/mol. The van der Waals surface area contributed by atoms with Crippen LogP contribution in [0.15, 0.2) is 24.5 Å². The maximum absolute atomic E-state index is 13.7. The van der Waals surface area contributed by atoms with Crippen molar-refractivity contribution in [2.24, 2.45) is 0 Å². The molecule has 6 nitrogen and oxygen atoms in total. The third kappa shape index (κ3) is 2.85. The van der Waals surface area contributed by atoms with Crippen molar-refractivity contribution in [2.75, 3.05) is 38.1 Å². The van der Waals surface area contributed by atoms with E-state index >= 15 is 0 Å². The normalized spacial score (nSPS) is 17.2. The summed E-state index contributed by atoms with van der Waals surface area (Å²) in [5.41, 5.74) is -0.332. The number of aromatic nitrogens is 4. The van der Waals surface area contributed by atoms with Crippen molar-refractivity contribution in [3.8, 4) is 0 Å². The number of piperazine rings is 1. The number of fused-ring (bicyclic) bond motifs is 3. The van der Waals surface area contributed by atoms with Gasteiger partial charge < -0.3 is 9.80 Å². The number of rotatable bonds is 2. The van der Waals surface area contributed by atoms with E-state index in [-0.39, 0.29) is 5.52 Å². The Hall–Kier alpha value is -2.56. The molecule has 1 saturated heterocycles. The first-order valence-corrected chi connectivity index (χ1v) is 8.20. The van der Waals surface area contributed by atoms with Crippen LogP contribution in [0.5, 0.6) is 0 Å². The van der Waals surface area contributed by atoms with Crippen molar-refractivity contribution in [3.05, 3.63) is 30.1 Å². The molecule has 0 bridgehead atoms. The van der Waals surface area contributed by atoms with Crippen LogP contribution in [-0.2, 0) is 5.92 Å². The number of likely N-dealkylation sites (N-methyl/N-ethyl adjacent to an activating group) is 1. The molecule has 1 aliphatic heterocycles. The topological polar surface area (TPSA) is 49.6 Å². The number of alkyl halides is 5. The molecule has 0 saturated carbocycles. The molecule has 1 aromatic carbocycles. The molecule has 2 aromatic heterocycles. The van der Waals surface area contributed by atoms with Gasteiger partial charge >= 0.3 is 12.1 Å². The number of hydrogen-bond donors (Lipinski definition) is 0. The quantitative estimate of drug-likeness (QED) is 0.634. The number of hydrogen-bond acceptors (Lipinski definition) is 5. The molecule has 1 fully saturated rings. The summed E-state index contributed by atoms with van der Waals surface area (Å²) >= 11 is 0. The van der Waals surface area contributed by atoms with Gasteiger partial charge in [-0.15, -0.1) is 10.2 Å². The standard InChI is InChI=1S/C16H15F5N6/c1-25-4-6-26(7-5-25)13-14-24-22-9-27(14)12-3-2-10(8-11(12)23-13)15(17,18)16(19,20)21/h2-3,8-9H,4-7H2,1H3. The second-order valence-electron chi connectivity index (χ2n) is 6.53. The van der Waals surface area contributed by atoms with Crippen molar-refractivity contribution in [2.45, 2.75) is 12.1 Å². The highest BCUT2D eigenvalue weighted by molar-refractivity contribution is 5.83. The lowest BCUT2D eigenvalue weighted by molar-refractivity contribution is -0.289. The fourth-order valence-corrected chi connectivity index (χ4v) is 3.13. The fraction of sp³-hybridized carbons (Fsp3) is 0.438. The molecule has 3 heterocycles. The number of benzene rings is 1. The largest absolute Gasteiger partial charge is 0.458 e. The van der Waals surface area contributed by atoms with Gasteiger partial charge in [0.1, 0.15) is 6.33 Å². The summed E-state index contributed by atoms with van der Waals surface area (Å²) in [7, 11) is 1.98. The highest BCUT2D eigenvalue weighted by Gasteiger charge is 2.58. The first kappa shape index (κ1) is 17.8. The Morgan fingerprint density at radius 3 is 2.37 bits per heavy atom. The predicted molar refractivity (Wildman–Crippen MR) is 87.9 cm³/mol. The minimum Gasteiger partial charge on any atom is -0.351 e. The Morgan fingerprint density at radius 2 is 1.70 bits per heavy atom. The van der Waals surface area contributed by atoms with Crippen LogP contribution in [-0.4, -0.2) is 63.9 Å². The highest BCUT2D eigenvalue weighted by atomic mass is 19.4. The number of anilines is 1. The molecule has 0 unspecified atom stereocenters. The van der Waals surface area contributed by atoms with Crippen LogP contribution >= 0.6 is 0 Å². The second kappa shape index (κ2) is 5.98. The zero-order chi connectivity index (χ0) is 19.4. The first-order chi connectivity index (χ1) is 12.7. The van der Waals surface area contributed by atoms with E-state index in [4.69, 9.17) is 0 Å². The third-order valence-corrected chi connectivity index (χ3v) is 4.73. The number of halogens is 5. The van der Waals surface area contributed by atoms with Crippen LogP contribution in [0, 0.1) is 0 Å². The van der Waals surface area contributed by atoms with E-state index in [1.807, 2.05) is 11.9 Å². The molecule has 27 heavy (non-hydrogen) atoms. The van der Waals surface area contributed by atoms with E-state index in [1.54, 1.807) is 4.40 Å². The van der Waals surface area contributed by atoms with Gasteiger partial charge in [-0.05, 0) is 19.2 Å². The van der Waals surface area contributed by atoms with Gasteiger partial charge in [-0.3, -0.25) is 4.40 Å². The zero-order valence-electron chi connectivity index (χ0n) is 14.2. The average molecular weight is 386 g/mol. The maximum Gasteiger partial charge on any atom is 0.458 e. The highest BCUT2D eigenvalue weighted by Crippen LogP contribution is 2.44. The lowest BCUT2D eigenvalue weighted by Gasteiger charge is -2.33. The summed E-state index contributed by atoms with van der Waals surface area (Å²) in [5, 5.41) is 7.88. The molecule has 11 heteroatoms. The van der Waals surface area contributed by atoms with E-state index in [0.29, 0.717) is 30.1 Å². The molecule has 0 amide bonds. The van der Waals surface area contributed by atoms with Crippen molar-refractivity contribution in [1.29, 1.82) is 0 Å². The Balaban J connectivity index is 1.88. The van der Waals surface area contributed by atoms with Crippen LogP contribution < -0.4 is 4.90 Å². The lowest BCUT2D eigenvalue weighted by Crippen LogP contribution is -2.45. The third-order valence-electron chi connectivity index (χ3n) is 4.73. The molecule has 1 aliphatic rings. The summed E-state index contributed by atoms with van der Waals surface area (Å²) in [6.07, 6.45) is -4.29. The van der Waals surface area contributed by atoms with E-state index < -0.39 is 17.7 Å². The summed E-state index contributed by atoms with van der Waals surface area (Å²) in [6, 6.07) is 2.72. The molecule has 0 N–H and O–H groups in total. The van der Waals surface area contributed by atoms with Crippen LogP contribution in [0.1, 0.15) is 5.56 Å². The SMILES string of the molecule is CN1CCN(c2nc3cc(C(F)(F)C(F)(F)F)ccc3n3cnnc23)CC1. The van der Waals surface area contributed by atoms with E-state index in [9.17, 15) is 22.0 Å². The van der Waals surface area contributed by atoms with Gasteiger partial charge in [0, 0.05) is 31.7 Å². The average Bonchev–Trinajstić information content (AvgIpc) is 3.10. The molecule has 0 spiro atoms. The molecule has 0 aliphatic carbocycles. The van der Waals surface area contributed by atoms with Crippen molar-refractivity contribution in [3.63, 3.8) is 0 Å². The van der Waals surface area contributed by atoms with Gasteiger partial charge in [-0.2, -0.15) is 22.0 Å². The van der Waals surface area contributed by atoms with E-state index in [1.165, 1.54) is 12.4 Å². The minimum atomic E-state index is -5.68. The van der Waals surface area contributed by atoms with Crippen LogP contribution in [0.4, 0.5) is 27.8 Å².